The fourth-order valence-corrected chi connectivity index (χ4v) is 4.32. The minimum Gasteiger partial charge on any atom is -0.478 e. The molecule has 0 radical (unpaired) electrons. The van der Waals surface area contributed by atoms with Gasteiger partial charge in [0.25, 0.3) is 5.37 Å². The molecule has 2 heterocycles. The number of carbonyl (C=O) groups is 1. The lowest BCUT2D eigenvalue weighted by Crippen LogP contribution is -2.11. The quantitative estimate of drug-likeness (QED) is 0.326. The molecule has 0 fully saturated rings. The molecule has 1 aromatic heterocycles. The van der Waals surface area contributed by atoms with Crippen molar-refractivity contribution >= 4 is 34.6 Å². The summed E-state index contributed by atoms with van der Waals surface area (Å²) in [5, 5.41) is 11.5. The van der Waals surface area contributed by atoms with E-state index in [1.54, 1.807) is 30.5 Å². The lowest BCUT2D eigenvalue weighted by Gasteiger charge is -2.17. The molecule has 0 saturated carbocycles. The van der Waals surface area contributed by atoms with E-state index in [4.69, 9.17) is 18.6 Å². The Balaban J connectivity index is 1.39. The molecular weight excluding hydrogens is 410 g/mol. The minimum atomic E-state index is -1.05. The second-order valence-corrected chi connectivity index (χ2v) is 7.78. The number of allylic oxidation sites excluding steroid dienone is 1. The van der Waals surface area contributed by atoms with Gasteiger partial charge in [0.2, 0.25) is 6.79 Å². The van der Waals surface area contributed by atoms with Crippen LogP contribution in [0.5, 0.6) is 17.2 Å². The molecule has 2 aromatic carbocycles. The number of carbonyl (C=O) groups excluding carboxylic acids is 1. The van der Waals surface area contributed by atoms with Gasteiger partial charge in [0, 0.05) is 27.9 Å². The van der Waals surface area contributed by atoms with Crippen molar-refractivity contribution in [2.24, 2.45) is 0 Å². The van der Waals surface area contributed by atoms with Crippen molar-refractivity contribution in [3.05, 3.63) is 69.5 Å². The SMILES string of the molecule is O=C1C=Cc2cc3ccoc3c(OCSC(c3ccc4c(c3)OCO4)[N+](=O)[O-])c2C1. The summed E-state index contributed by atoms with van der Waals surface area (Å²) >= 11 is 1.02. The Morgan fingerprint density at radius 3 is 2.90 bits per heavy atom. The van der Waals surface area contributed by atoms with Gasteiger partial charge in [-0.3, -0.25) is 14.9 Å². The number of thioether (sulfide) groups is 1. The number of benzene rings is 2. The van der Waals surface area contributed by atoms with Crippen LogP contribution >= 0.6 is 11.8 Å². The van der Waals surface area contributed by atoms with Gasteiger partial charge in [0.15, 0.2) is 28.6 Å². The smallest absolute Gasteiger partial charge is 0.286 e. The van der Waals surface area contributed by atoms with Crippen LogP contribution in [0.3, 0.4) is 0 Å². The number of hydrogen-bond acceptors (Lipinski definition) is 8. The zero-order valence-corrected chi connectivity index (χ0v) is 16.3. The first-order chi connectivity index (χ1) is 14.6. The van der Waals surface area contributed by atoms with E-state index >= 15 is 0 Å². The number of ether oxygens (including phenoxy) is 3. The van der Waals surface area contributed by atoms with E-state index in [1.165, 1.54) is 6.08 Å². The highest BCUT2D eigenvalue weighted by atomic mass is 32.2. The summed E-state index contributed by atoms with van der Waals surface area (Å²) in [5.74, 6) is 1.47. The maximum atomic E-state index is 11.9. The third-order valence-electron chi connectivity index (χ3n) is 4.94. The van der Waals surface area contributed by atoms with Crippen molar-refractivity contribution in [2.75, 3.05) is 12.7 Å². The maximum absolute atomic E-state index is 11.9. The van der Waals surface area contributed by atoms with E-state index in [0.29, 0.717) is 28.4 Å². The third kappa shape index (κ3) is 3.26. The second-order valence-electron chi connectivity index (χ2n) is 6.77. The fraction of sp³-hybridized carbons (Fsp3) is 0.190. The zero-order chi connectivity index (χ0) is 20.7. The summed E-state index contributed by atoms with van der Waals surface area (Å²) in [6, 6.07) is 8.66. The topological polar surface area (TPSA) is 101 Å². The first-order valence-corrected chi connectivity index (χ1v) is 10.2. The van der Waals surface area contributed by atoms with E-state index in [9.17, 15) is 14.9 Å². The Labute approximate surface area is 174 Å². The van der Waals surface area contributed by atoms with E-state index in [2.05, 4.69) is 0 Å². The van der Waals surface area contributed by atoms with Gasteiger partial charge in [0.1, 0.15) is 5.94 Å². The van der Waals surface area contributed by atoms with Crippen LogP contribution in [-0.2, 0) is 11.2 Å². The van der Waals surface area contributed by atoms with Gasteiger partial charge < -0.3 is 18.6 Å². The van der Waals surface area contributed by atoms with Crippen molar-refractivity contribution in [1.29, 1.82) is 0 Å². The zero-order valence-electron chi connectivity index (χ0n) is 15.5. The molecule has 30 heavy (non-hydrogen) atoms. The number of hydrogen-bond donors (Lipinski definition) is 0. The Morgan fingerprint density at radius 2 is 2.03 bits per heavy atom. The molecule has 0 spiro atoms. The number of ketones is 1. The van der Waals surface area contributed by atoms with Gasteiger partial charge in [-0.25, -0.2) is 0 Å². The molecule has 1 unspecified atom stereocenters. The first kappa shape index (κ1) is 18.6. The number of rotatable bonds is 6. The molecule has 1 aliphatic heterocycles. The lowest BCUT2D eigenvalue weighted by molar-refractivity contribution is -0.500. The number of furan rings is 1. The van der Waals surface area contributed by atoms with Crippen molar-refractivity contribution in [3.63, 3.8) is 0 Å². The third-order valence-corrected chi connectivity index (χ3v) is 5.95. The highest BCUT2D eigenvalue weighted by Gasteiger charge is 2.27. The van der Waals surface area contributed by atoms with Gasteiger partial charge in [0.05, 0.1) is 6.26 Å². The van der Waals surface area contributed by atoms with Crippen LogP contribution in [0, 0.1) is 10.1 Å². The molecule has 8 nitrogen and oxygen atoms in total. The van der Waals surface area contributed by atoms with Gasteiger partial charge in [-0.15, -0.1) is 0 Å². The number of nitro groups is 1. The van der Waals surface area contributed by atoms with Gasteiger partial charge in [-0.1, -0.05) is 6.08 Å². The molecule has 9 heteroatoms. The first-order valence-electron chi connectivity index (χ1n) is 9.11. The Bertz CT molecular complexity index is 1200. The molecule has 0 N–H and O–H groups in total. The average Bonchev–Trinajstić information content (AvgIpc) is 3.39. The Kier molecular flexibility index (Phi) is 4.59. The van der Waals surface area contributed by atoms with Gasteiger partial charge in [-0.05, 0) is 53.7 Å². The molecule has 1 atom stereocenters. The van der Waals surface area contributed by atoms with Crippen molar-refractivity contribution in [2.45, 2.75) is 11.8 Å². The predicted molar refractivity (Wildman–Crippen MR) is 109 cm³/mol. The molecular formula is C21H15NO7S. The summed E-state index contributed by atoms with van der Waals surface area (Å²) in [5.41, 5.74) is 2.61. The molecule has 0 bridgehead atoms. The van der Waals surface area contributed by atoms with Crippen LogP contribution in [0.25, 0.3) is 17.0 Å². The normalized spacial score (nSPS) is 15.3. The van der Waals surface area contributed by atoms with Crippen LogP contribution in [-0.4, -0.2) is 23.4 Å². The summed E-state index contributed by atoms with van der Waals surface area (Å²) in [6.07, 6.45) is 5.03. The number of fused-ring (bicyclic) bond motifs is 3. The monoisotopic (exact) mass is 425 g/mol. The van der Waals surface area contributed by atoms with Crippen LogP contribution in [0.4, 0.5) is 0 Å². The van der Waals surface area contributed by atoms with Crippen molar-refractivity contribution in [1.82, 2.24) is 0 Å². The standard InChI is InChI=1S/C21H15NO7S/c23-15-3-1-12-7-13-5-6-26-19(13)20(16(12)9-15)29-11-30-21(22(24)25)14-2-4-17-18(8-14)28-10-27-17/h1-8,21H,9-11H2. The highest BCUT2D eigenvalue weighted by molar-refractivity contribution is 7.99. The minimum absolute atomic E-state index is 0.00421. The van der Waals surface area contributed by atoms with E-state index < -0.39 is 5.37 Å². The van der Waals surface area contributed by atoms with E-state index in [1.807, 2.05) is 12.1 Å². The predicted octanol–water partition coefficient (Wildman–Crippen LogP) is 4.34. The average molecular weight is 425 g/mol. The molecule has 0 amide bonds. The maximum Gasteiger partial charge on any atom is 0.286 e. The van der Waals surface area contributed by atoms with Crippen LogP contribution in [0.1, 0.15) is 22.1 Å². The van der Waals surface area contributed by atoms with Gasteiger partial charge in [-0.2, -0.15) is 0 Å². The van der Waals surface area contributed by atoms with Gasteiger partial charge >= 0.3 is 0 Å². The Hall–Kier alpha value is -3.46. The highest BCUT2D eigenvalue weighted by Crippen LogP contribution is 2.40. The van der Waals surface area contributed by atoms with Crippen molar-refractivity contribution in [3.8, 4) is 17.2 Å². The van der Waals surface area contributed by atoms with Crippen LogP contribution in [0.2, 0.25) is 0 Å². The van der Waals surface area contributed by atoms with E-state index in [-0.39, 0.29) is 29.9 Å². The van der Waals surface area contributed by atoms with Crippen molar-refractivity contribution < 1.29 is 28.3 Å². The lowest BCUT2D eigenvalue weighted by atomic mass is 9.94. The molecule has 3 aromatic rings. The molecule has 152 valence electrons. The summed E-state index contributed by atoms with van der Waals surface area (Å²) in [4.78, 5) is 23.2. The summed E-state index contributed by atoms with van der Waals surface area (Å²) in [6.45, 7) is 0.101. The summed E-state index contributed by atoms with van der Waals surface area (Å²) in [7, 11) is 0. The Morgan fingerprint density at radius 1 is 1.17 bits per heavy atom. The van der Waals surface area contributed by atoms with Crippen LogP contribution in [0.15, 0.2) is 47.1 Å². The number of nitrogens with zero attached hydrogens (tertiary/aromatic N) is 1. The molecule has 5 rings (SSSR count). The second kappa shape index (κ2) is 7.42. The molecule has 1 aliphatic carbocycles. The molecule has 0 saturated heterocycles. The van der Waals surface area contributed by atoms with Crippen LogP contribution < -0.4 is 14.2 Å². The largest absolute Gasteiger partial charge is 0.478 e. The van der Waals surface area contributed by atoms with E-state index in [0.717, 1.165) is 28.3 Å². The fourth-order valence-electron chi connectivity index (χ4n) is 3.54. The summed E-state index contributed by atoms with van der Waals surface area (Å²) < 4.78 is 22.1. The molecule has 2 aliphatic rings.